The van der Waals surface area contributed by atoms with Crippen molar-refractivity contribution in [3.05, 3.63) is 59.7 Å². The highest BCUT2D eigenvalue weighted by Crippen LogP contribution is 2.21. The molecule has 0 amide bonds. The zero-order valence-corrected chi connectivity index (χ0v) is 12.9. The molecule has 1 aliphatic heterocycles. The molecule has 0 spiro atoms. The van der Waals surface area contributed by atoms with Crippen LogP contribution in [0.25, 0.3) is 0 Å². The van der Waals surface area contributed by atoms with Crippen LogP contribution in [0, 0.1) is 0 Å². The third-order valence-electron chi connectivity index (χ3n) is 3.87. The number of aromatic carboxylic acids is 1. The summed E-state index contributed by atoms with van der Waals surface area (Å²) >= 11 is 0. The Balaban J connectivity index is 1.49. The fourth-order valence-corrected chi connectivity index (χ4v) is 2.61. The predicted molar refractivity (Wildman–Crippen MR) is 86.1 cm³/mol. The van der Waals surface area contributed by atoms with E-state index in [4.69, 9.17) is 14.6 Å². The Morgan fingerprint density at radius 3 is 2.57 bits per heavy atom. The molecule has 5 nitrogen and oxygen atoms in total. The number of nitrogens with zero attached hydrogens (tertiary/aromatic N) is 1. The SMILES string of the molecule is COc1ccc(CN2CC(Oc3cccc(C(=O)O)c3)C2)cc1. The number of benzene rings is 2. The van der Waals surface area contributed by atoms with Gasteiger partial charge >= 0.3 is 5.97 Å². The molecule has 0 bridgehead atoms. The Hall–Kier alpha value is -2.53. The predicted octanol–water partition coefficient (Wildman–Crippen LogP) is 2.66. The Labute approximate surface area is 135 Å². The first-order valence-electron chi connectivity index (χ1n) is 7.49. The van der Waals surface area contributed by atoms with Crippen molar-refractivity contribution in [2.45, 2.75) is 12.6 Å². The first-order valence-corrected chi connectivity index (χ1v) is 7.49. The lowest BCUT2D eigenvalue weighted by Crippen LogP contribution is -2.53. The van der Waals surface area contributed by atoms with Gasteiger partial charge in [-0.05, 0) is 35.9 Å². The average Bonchev–Trinajstić information content (AvgIpc) is 2.53. The molecule has 1 N–H and O–H groups in total. The van der Waals surface area contributed by atoms with E-state index in [1.165, 1.54) is 5.56 Å². The van der Waals surface area contributed by atoms with Crippen molar-refractivity contribution in [3.8, 4) is 11.5 Å². The fraction of sp³-hybridized carbons (Fsp3) is 0.278. The number of carboxylic acids is 1. The third kappa shape index (κ3) is 3.81. The lowest BCUT2D eigenvalue weighted by molar-refractivity contribution is 0.0144. The second kappa shape index (κ2) is 6.71. The van der Waals surface area contributed by atoms with Gasteiger partial charge in [-0.25, -0.2) is 4.79 Å². The highest BCUT2D eigenvalue weighted by atomic mass is 16.5. The van der Waals surface area contributed by atoms with Gasteiger partial charge in [0.1, 0.15) is 17.6 Å². The molecular formula is C18H19NO4. The normalized spacial score (nSPS) is 15.0. The van der Waals surface area contributed by atoms with Crippen LogP contribution >= 0.6 is 0 Å². The van der Waals surface area contributed by atoms with Gasteiger partial charge < -0.3 is 14.6 Å². The van der Waals surface area contributed by atoms with E-state index in [-0.39, 0.29) is 11.7 Å². The van der Waals surface area contributed by atoms with Gasteiger partial charge in [0.2, 0.25) is 0 Å². The summed E-state index contributed by atoms with van der Waals surface area (Å²) in [5, 5.41) is 8.99. The summed E-state index contributed by atoms with van der Waals surface area (Å²) in [4.78, 5) is 13.2. The number of carboxylic acid groups (broad SMARTS) is 1. The van der Waals surface area contributed by atoms with Gasteiger partial charge in [0.25, 0.3) is 0 Å². The highest BCUT2D eigenvalue weighted by molar-refractivity contribution is 5.88. The smallest absolute Gasteiger partial charge is 0.335 e. The Morgan fingerprint density at radius 1 is 1.17 bits per heavy atom. The van der Waals surface area contributed by atoms with Crippen molar-refractivity contribution >= 4 is 5.97 Å². The maximum absolute atomic E-state index is 11.0. The van der Waals surface area contributed by atoms with E-state index in [0.717, 1.165) is 25.4 Å². The van der Waals surface area contributed by atoms with E-state index in [0.29, 0.717) is 5.75 Å². The van der Waals surface area contributed by atoms with Crippen molar-refractivity contribution in [3.63, 3.8) is 0 Å². The van der Waals surface area contributed by atoms with E-state index < -0.39 is 5.97 Å². The molecule has 0 radical (unpaired) electrons. The number of rotatable bonds is 6. The van der Waals surface area contributed by atoms with Gasteiger partial charge in [-0.3, -0.25) is 4.90 Å². The molecule has 1 aliphatic rings. The van der Waals surface area contributed by atoms with Gasteiger partial charge in [-0.15, -0.1) is 0 Å². The van der Waals surface area contributed by atoms with E-state index >= 15 is 0 Å². The number of hydrogen-bond acceptors (Lipinski definition) is 4. The van der Waals surface area contributed by atoms with Crippen LogP contribution in [0.1, 0.15) is 15.9 Å². The van der Waals surface area contributed by atoms with Crippen molar-refractivity contribution in [1.29, 1.82) is 0 Å². The quantitative estimate of drug-likeness (QED) is 0.888. The van der Waals surface area contributed by atoms with Gasteiger partial charge in [0.05, 0.1) is 12.7 Å². The molecular weight excluding hydrogens is 294 g/mol. The first-order chi connectivity index (χ1) is 11.1. The van der Waals surface area contributed by atoms with Crippen LogP contribution in [0.3, 0.4) is 0 Å². The number of methoxy groups -OCH3 is 1. The first kappa shape index (κ1) is 15.4. The van der Waals surface area contributed by atoms with Crippen LogP contribution in [0.5, 0.6) is 11.5 Å². The molecule has 0 aromatic heterocycles. The van der Waals surface area contributed by atoms with Gasteiger partial charge in [0, 0.05) is 19.6 Å². The number of carbonyl (C=O) groups is 1. The molecule has 0 aliphatic carbocycles. The molecule has 23 heavy (non-hydrogen) atoms. The zero-order chi connectivity index (χ0) is 16.2. The average molecular weight is 313 g/mol. The fourth-order valence-electron chi connectivity index (χ4n) is 2.61. The summed E-state index contributed by atoms with van der Waals surface area (Å²) in [6.07, 6.45) is 0.109. The van der Waals surface area contributed by atoms with Crippen molar-refractivity contribution < 1.29 is 19.4 Å². The minimum absolute atomic E-state index is 0.109. The summed E-state index contributed by atoms with van der Waals surface area (Å²) in [6, 6.07) is 14.7. The minimum Gasteiger partial charge on any atom is -0.497 e. The Morgan fingerprint density at radius 2 is 1.91 bits per heavy atom. The van der Waals surface area contributed by atoms with Crippen LogP contribution in [-0.2, 0) is 6.54 Å². The topological polar surface area (TPSA) is 59.0 Å². The standard InChI is InChI=1S/C18H19NO4/c1-22-15-7-5-13(6-8-15)10-19-11-17(12-19)23-16-4-2-3-14(9-16)18(20)21/h2-9,17H,10-12H2,1H3,(H,20,21). The van der Waals surface area contributed by atoms with E-state index in [1.807, 2.05) is 12.1 Å². The summed E-state index contributed by atoms with van der Waals surface area (Å²) in [7, 11) is 1.66. The van der Waals surface area contributed by atoms with Crippen LogP contribution in [0.15, 0.2) is 48.5 Å². The molecule has 2 aromatic carbocycles. The van der Waals surface area contributed by atoms with E-state index in [9.17, 15) is 4.79 Å². The van der Waals surface area contributed by atoms with Gasteiger partial charge in [0.15, 0.2) is 0 Å². The number of ether oxygens (including phenoxy) is 2. The van der Waals surface area contributed by atoms with Crippen molar-refractivity contribution in [2.75, 3.05) is 20.2 Å². The van der Waals surface area contributed by atoms with Crippen LogP contribution in [0.4, 0.5) is 0 Å². The van der Waals surface area contributed by atoms with E-state index in [1.54, 1.807) is 31.4 Å². The van der Waals surface area contributed by atoms with Crippen LogP contribution in [0.2, 0.25) is 0 Å². The number of hydrogen-bond donors (Lipinski definition) is 1. The molecule has 1 heterocycles. The Kier molecular flexibility index (Phi) is 4.48. The summed E-state index contributed by atoms with van der Waals surface area (Å²) < 4.78 is 11.0. The molecule has 0 saturated carbocycles. The molecule has 0 atom stereocenters. The lowest BCUT2D eigenvalue weighted by atomic mass is 10.1. The monoisotopic (exact) mass is 313 g/mol. The Bertz CT molecular complexity index is 678. The molecule has 0 unspecified atom stereocenters. The molecule has 120 valence electrons. The van der Waals surface area contributed by atoms with Crippen LogP contribution in [-0.4, -0.2) is 42.3 Å². The third-order valence-corrected chi connectivity index (χ3v) is 3.87. The van der Waals surface area contributed by atoms with Gasteiger partial charge in [-0.2, -0.15) is 0 Å². The molecule has 5 heteroatoms. The highest BCUT2D eigenvalue weighted by Gasteiger charge is 2.28. The second-order valence-corrected chi connectivity index (χ2v) is 5.62. The molecule has 3 rings (SSSR count). The molecule has 1 fully saturated rings. The van der Waals surface area contributed by atoms with Crippen LogP contribution < -0.4 is 9.47 Å². The molecule has 1 saturated heterocycles. The largest absolute Gasteiger partial charge is 0.497 e. The summed E-state index contributed by atoms with van der Waals surface area (Å²) in [5.74, 6) is 0.529. The number of likely N-dealkylation sites (tertiary alicyclic amines) is 1. The van der Waals surface area contributed by atoms with Gasteiger partial charge in [-0.1, -0.05) is 18.2 Å². The zero-order valence-electron chi connectivity index (χ0n) is 12.9. The summed E-state index contributed by atoms with van der Waals surface area (Å²) in [6.45, 7) is 2.55. The maximum atomic E-state index is 11.0. The van der Waals surface area contributed by atoms with Crippen molar-refractivity contribution in [2.24, 2.45) is 0 Å². The van der Waals surface area contributed by atoms with E-state index in [2.05, 4.69) is 17.0 Å². The van der Waals surface area contributed by atoms with Crippen molar-refractivity contribution in [1.82, 2.24) is 4.90 Å². The second-order valence-electron chi connectivity index (χ2n) is 5.62. The maximum Gasteiger partial charge on any atom is 0.335 e. The summed E-state index contributed by atoms with van der Waals surface area (Å²) in [5.41, 5.74) is 1.48. The minimum atomic E-state index is -0.940. The molecule has 2 aromatic rings. The lowest BCUT2D eigenvalue weighted by Gasteiger charge is -2.39.